The number of rotatable bonds is 8. The van der Waals surface area contributed by atoms with E-state index in [1.54, 1.807) is 18.4 Å². The van der Waals surface area contributed by atoms with Crippen molar-refractivity contribution in [1.82, 2.24) is 4.90 Å². The minimum atomic E-state index is 0.130. The van der Waals surface area contributed by atoms with Crippen LogP contribution in [0.1, 0.15) is 36.6 Å². The minimum absolute atomic E-state index is 0.130. The Bertz CT molecular complexity index is 484. The third-order valence-corrected chi connectivity index (χ3v) is 4.92. The zero-order valence-corrected chi connectivity index (χ0v) is 13.8. The first kappa shape index (κ1) is 16.5. The Morgan fingerprint density at radius 2 is 2.33 bits per heavy atom. The predicted octanol–water partition coefficient (Wildman–Crippen LogP) is 2.73. The molecule has 0 spiro atoms. The van der Waals surface area contributed by atoms with Crippen molar-refractivity contribution < 1.29 is 9.84 Å². The summed E-state index contributed by atoms with van der Waals surface area (Å²) in [5.41, 5.74) is 1.11. The molecule has 1 atom stereocenters. The molecule has 116 valence electrons. The Labute approximate surface area is 131 Å². The number of hydrogen-bond acceptors (Lipinski definition) is 4. The number of methoxy groups -OCH3 is 1. The lowest BCUT2D eigenvalue weighted by Gasteiger charge is -2.28. The van der Waals surface area contributed by atoms with Gasteiger partial charge in [-0.25, -0.2) is 0 Å². The van der Waals surface area contributed by atoms with Crippen molar-refractivity contribution in [2.24, 2.45) is 5.92 Å². The van der Waals surface area contributed by atoms with Gasteiger partial charge >= 0.3 is 0 Å². The van der Waals surface area contributed by atoms with Crippen LogP contribution in [-0.2, 0) is 11.3 Å². The molecule has 1 unspecified atom stereocenters. The third-order valence-electron chi connectivity index (χ3n) is 4.01. The predicted molar refractivity (Wildman–Crippen MR) is 87.4 cm³/mol. The van der Waals surface area contributed by atoms with Gasteiger partial charge in [-0.1, -0.05) is 11.8 Å². The monoisotopic (exact) mass is 307 g/mol. The summed E-state index contributed by atoms with van der Waals surface area (Å²) in [6, 6.07) is 2.70. The van der Waals surface area contributed by atoms with Crippen LogP contribution in [0.2, 0.25) is 0 Å². The average Bonchev–Trinajstić information content (AvgIpc) is 3.25. The van der Waals surface area contributed by atoms with Gasteiger partial charge in [0.2, 0.25) is 0 Å². The summed E-state index contributed by atoms with van der Waals surface area (Å²) < 4.78 is 5.26. The van der Waals surface area contributed by atoms with Crippen LogP contribution >= 0.6 is 11.3 Å². The number of hydrogen-bond donors (Lipinski definition) is 1. The first-order valence-electron chi connectivity index (χ1n) is 7.65. The molecule has 0 aromatic carbocycles. The van der Waals surface area contributed by atoms with Gasteiger partial charge < -0.3 is 9.84 Å². The first-order valence-corrected chi connectivity index (χ1v) is 8.53. The molecule has 0 bridgehead atoms. The smallest absolute Gasteiger partial charge is 0.0589 e. The fourth-order valence-corrected chi connectivity index (χ4v) is 3.34. The molecule has 0 saturated heterocycles. The van der Waals surface area contributed by atoms with E-state index in [-0.39, 0.29) is 6.61 Å². The summed E-state index contributed by atoms with van der Waals surface area (Å²) >= 11 is 1.77. The standard InChI is InChI=1S/C17H25NO2S/c1-14(15-6-7-15)18(9-11-20-2)13-17-16(8-12-21-17)5-3-4-10-19/h8,12,14-15,19H,4,6-7,9-11,13H2,1-2H3. The fourth-order valence-electron chi connectivity index (χ4n) is 2.48. The third kappa shape index (κ3) is 5.12. The van der Waals surface area contributed by atoms with Crippen LogP contribution in [0.25, 0.3) is 0 Å². The van der Waals surface area contributed by atoms with Crippen LogP contribution in [-0.4, -0.2) is 42.9 Å². The van der Waals surface area contributed by atoms with Gasteiger partial charge in [0.05, 0.1) is 13.2 Å². The lowest BCUT2D eigenvalue weighted by Crippen LogP contribution is -2.36. The van der Waals surface area contributed by atoms with Crippen LogP contribution in [0.3, 0.4) is 0 Å². The van der Waals surface area contributed by atoms with E-state index in [9.17, 15) is 0 Å². The van der Waals surface area contributed by atoms with Crippen LogP contribution in [0.15, 0.2) is 11.4 Å². The molecule has 1 aromatic heterocycles. The van der Waals surface area contributed by atoms with Crippen molar-refractivity contribution in [2.45, 2.75) is 38.8 Å². The fraction of sp³-hybridized carbons (Fsp3) is 0.647. The largest absolute Gasteiger partial charge is 0.395 e. The van der Waals surface area contributed by atoms with Crippen molar-refractivity contribution in [3.05, 3.63) is 21.9 Å². The second kappa shape index (κ2) is 8.55. The van der Waals surface area contributed by atoms with Crippen molar-refractivity contribution in [1.29, 1.82) is 0 Å². The summed E-state index contributed by atoms with van der Waals surface area (Å²) in [5, 5.41) is 10.9. The van der Waals surface area contributed by atoms with Crippen molar-refractivity contribution in [3.8, 4) is 11.8 Å². The Hall–Kier alpha value is -0.860. The molecule has 1 aliphatic rings. The zero-order chi connectivity index (χ0) is 15.1. The molecule has 2 rings (SSSR count). The van der Waals surface area contributed by atoms with Gasteiger partial charge in [0.1, 0.15) is 0 Å². The highest BCUT2D eigenvalue weighted by Crippen LogP contribution is 2.36. The topological polar surface area (TPSA) is 32.7 Å². The number of nitrogens with zero attached hydrogens (tertiary/aromatic N) is 1. The molecule has 0 amide bonds. The lowest BCUT2D eigenvalue weighted by molar-refractivity contribution is 0.112. The van der Waals surface area contributed by atoms with Crippen LogP contribution in [0, 0.1) is 17.8 Å². The number of ether oxygens (including phenoxy) is 1. The molecule has 1 aliphatic carbocycles. The normalized spacial score (nSPS) is 15.8. The number of aliphatic hydroxyl groups excluding tert-OH is 1. The molecule has 1 heterocycles. The molecule has 4 heteroatoms. The van der Waals surface area contributed by atoms with Gasteiger partial charge in [0.15, 0.2) is 0 Å². The molecule has 0 radical (unpaired) electrons. The molecule has 1 saturated carbocycles. The molecule has 0 aliphatic heterocycles. The van der Waals surface area contributed by atoms with Gasteiger partial charge in [-0.2, -0.15) is 0 Å². The Kier molecular flexibility index (Phi) is 6.72. The van der Waals surface area contributed by atoms with E-state index in [4.69, 9.17) is 9.84 Å². The van der Waals surface area contributed by atoms with Gasteiger partial charge in [0.25, 0.3) is 0 Å². The Balaban J connectivity index is 2.02. The highest BCUT2D eigenvalue weighted by atomic mass is 32.1. The van der Waals surface area contributed by atoms with E-state index in [1.165, 1.54) is 17.7 Å². The van der Waals surface area contributed by atoms with Crippen molar-refractivity contribution in [2.75, 3.05) is 26.9 Å². The summed E-state index contributed by atoms with van der Waals surface area (Å²) in [5.74, 6) is 7.06. The van der Waals surface area contributed by atoms with Crippen molar-refractivity contribution >= 4 is 11.3 Å². The van der Waals surface area contributed by atoms with E-state index in [0.29, 0.717) is 12.5 Å². The van der Waals surface area contributed by atoms with Gasteiger partial charge in [-0.15, -0.1) is 11.3 Å². The Morgan fingerprint density at radius 3 is 3.00 bits per heavy atom. The van der Waals surface area contributed by atoms with E-state index >= 15 is 0 Å². The van der Waals surface area contributed by atoms with E-state index in [0.717, 1.165) is 31.2 Å². The molecular weight excluding hydrogens is 282 g/mol. The number of aliphatic hydroxyl groups is 1. The maximum Gasteiger partial charge on any atom is 0.0589 e. The lowest BCUT2D eigenvalue weighted by atomic mass is 10.1. The molecule has 21 heavy (non-hydrogen) atoms. The van der Waals surface area contributed by atoms with Crippen LogP contribution < -0.4 is 0 Å². The van der Waals surface area contributed by atoms with E-state index in [1.807, 2.05) is 0 Å². The number of thiophene rings is 1. The second-order valence-corrected chi connectivity index (χ2v) is 6.57. The Morgan fingerprint density at radius 1 is 1.52 bits per heavy atom. The van der Waals surface area contributed by atoms with Gasteiger partial charge in [-0.3, -0.25) is 4.90 Å². The van der Waals surface area contributed by atoms with E-state index in [2.05, 4.69) is 35.1 Å². The van der Waals surface area contributed by atoms with Crippen molar-refractivity contribution in [3.63, 3.8) is 0 Å². The SMILES string of the molecule is COCCN(Cc1sccc1C#CCCO)C(C)C1CC1. The second-order valence-electron chi connectivity index (χ2n) is 5.57. The molecule has 1 aromatic rings. The summed E-state index contributed by atoms with van der Waals surface area (Å²) in [7, 11) is 1.76. The molecule has 3 nitrogen and oxygen atoms in total. The summed E-state index contributed by atoms with van der Waals surface area (Å²) in [6.45, 7) is 5.15. The maximum absolute atomic E-state index is 8.83. The van der Waals surface area contributed by atoms with Gasteiger partial charge in [0, 0.05) is 43.1 Å². The minimum Gasteiger partial charge on any atom is -0.395 e. The van der Waals surface area contributed by atoms with Crippen LogP contribution in [0.4, 0.5) is 0 Å². The van der Waals surface area contributed by atoms with Crippen LogP contribution in [0.5, 0.6) is 0 Å². The molecule has 1 fully saturated rings. The summed E-state index contributed by atoms with van der Waals surface area (Å²) in [4.78, 5) is 3.84. The maximum atomic E-state index is 8.83. The van der Waals surface area contributed by atoms with E-state index < -0.39 is 0 Å². The first-order chi connectivity index (χ1) is 10.3. The van der Waals surface area contributed by atoms with Gasteiger partial charge in [-0.05, 0) is 37.1 Å². The molecular formula is C17H25NO2S. The molecule has 1 N–H and O–H groups in total. The highest BCUT2D eigenvalue weighted by Gasteiger charge is 2.32. The highest BCUT2D eigenvalue weighted by molar-refractivity contribution is 7.10. The summed E-state index contributed by atoms with van der Waals surface area (Å²) in [6.07, 6.45) is 3.26. The average molecular weight is 307 g/mol. The quantitative estimate of drug-likeness (QED) is 0.750. The zero-order valence-electron chi connectivity index (χ0n) is 13.0.